The summed E-state index contributed by atoms with van der Waals surface area (Å²) in [7, 11) is 0. The third-order valence-corrected chi connectivity index (χ3v) is 3.81. The predicted molar refractivity (Wildman–Crippen MR) is 86.6 cm³/mol. The molecule has 0 saturated carbocycles. The first kappa shape index (κ1) is 14.6. The monoisotopic (exact) mass is 337 g/mol. The lowest BCUT2D eigenvalue weighted by Crippen LogP contribution is -2.14. The number of benzene rings is 2. The van der Waals surface area contributed by atoms with Crippen LogP contribution < -0.4 is 5.32 Å². The van der Waals surface area contributed by atoms with Gasteiger partial charge in [0.2, 0.25) is 0 Å². The van der Waals surface area contributed by atoms with Gasteiger partial charge in [-0.1, -0.05) is 52.7 Å². The smallest absolute Gasteiger partial charge is 0.0451 e. The van der Waals surface area contributed by atoms with Crippen LogP contribution in [0.15, 0.2) is 46.9 Å². The Bertz CT molecular complexity index is 554. The molecule has 0 radical (unpaired) electrons. The van der Waals surface area contributed by atoms with E-state index in [1.165, 1.54) is 11.1 Å². The van der Waals surface area contributed by atoms with Crippen LogP contribution >= 0.6 is 27.5 Å². The summed E-state index contributed by atoms with van der Waals surface area (Å²) in [5.74, 6) is 0. The molecule has 0 aliphatic carbocycles. The molecule has 0 amide bonds. The first-order valence-electron chi connectivity index (χ1n) is 6.46. The van der Waals surface area contributed by atoms with E-state index in [4.69, 9.17) is 11.6 Å². The minimum Gasteiger partial charge on any atom is -0.313 e. The Morgan fingerprint density at radius 1 is 1.11 bits per heavy atom. The Hall–Kier alpha value is -0.830. The molecule has 0 fully saturated rings. The van der Waals surface area contributed by atoms with Crippen LogP contribution in [-0.2, 0) is 6.54 Å². The standard InChI is InChI=1S/C16H17BrClN/c1-2-8-19-11-14-9-13(6-7-16(14)18)12-4-3-5-15(17)10-12/h3-7,9-10,19H,2,8,11H2,1H3. The van der Waals surface area contributed by atoms with Crippen molar-refractivity contribution in [2.24, 2.45) is 0 Å². The topological polar surface area (TPSA) is 12.0 Å². The molecule has 100 valence electrons. The molecule has 2 rings (SSSR count). The molecule has 0 unspecified atom stereocenters. The van der Waals surface area contributed by atoms with Crippen molar-refractivity contribution in [1.29, 1.82) is 0 Å². The average Bonchev–Trinajstić information content (AvgIpc) is 2.41. The molecule has 2 aromatic carbocycles. The Morgan fingerprint density at radius 2 is 1.89 bits per heavy atom. The zero-order valence-electron chi connectivity index (χ0n) is 10.9. The Labute approximate surface area is 128 Å². The highest BCUT2D eigenvalue weighted by atomic mass is 79.9. The molecular weight excluding hydrogens is 322 g/mol. The molecule has 1 N–H and O–H groups in total. The third kappa shape index (κ3) is 4.07. The fourth-order valence-corrected chi connectivity index (χ4v) is 2.54. The van der Waals surface area contributed by atoms with Gasteiger partial charge in [0.15, 0.2) is 0 Å². The van der Waals surface area contributed by atoms with Crippen molar-refractivity contribution in [2.45, 2.75) is 19.9 Å². The largest absolute Gasteiger partial charge is 0.313 e. The summed E-state index contributed by atoms with van der Waals surface area (Å²) in [6.07, 6.45) is 1.13. The van der Waals surface area contributed by atoms with Crippen molar-refractivity contribution < 1.29 is 0 Å². The fourth-order valence-electron chi connectivity index (χ4n) is 1.96. The summed E-state index contributed by atoms with van der Waals surface area (Å²) in [5, 5.41) is 4.21. The molecule has 0 atom stereocenters. The highest BCUT2D eigenvalue weighted by Gasteiger charge is 2.04. The Morgan fingerprint density at radius 3 is 2.63 bits per heavy atom. The SMILES string of the molecule is CCCNCc1cc(-c2cccc(Br)c2)ccc1Cl. The van der Waals surface area contributed by atoms with E-state index in [0.717, 1.165) is 34.6 Å². The molecule has 0 heterocycles. The van der Waals surface area contributed by atoms with Crippen LogP contribution in [0.1, 0.15) is 18.9 Å². The summed E-state index contributed by atoms with van der Waals surface area (Å²) in [5.41, 5.74) is 3.54. The second kappa shape index (κ2) is 7.09. The molecule has 0 aliphatic heterocycles. The first-order chi connectivity index (χ1) is 9.20. The zero-order chi connectivity index (χ0) is 13.7. The molecule has 2 aromatic rings. The molecule has 3 heteroatoms. The Balaban J connectivity index is 2.25. The number of hydrogen-bond donors (Lipinski definition) is 1. The van der Waals surface area contributed by atoms with Crippen molar-refractivity contribution in [2.75, 3.05) is 6.54 Å². The maximum absolute atomic E-state index is 6.24. The maximum Gasteiger partial charge on any atom is 0.0451 e. The number of rotatable bonds is 5. The summed E-state index contributed by atoms with van der Waals surface area (Å²) >= 11 is 9.75. The van der Waals surface area contributed by atoms with Crippen LogP contribution in [0.2, 0.25) is 5.02 Å². The quantitative estimate of drug-likeness (QED) is 0.732. The van der Waals surface area contributed by atoms with Gasteiger partial charge in [0.1, 0.15) is 0 Å². The van der Waals surface area contributed by atoms with Gasteiger partial charge in [-0.05, 0) is 53.9 Å². The lowest BCUT2D eigenvalue weighted by molar-refractivity contribution is 0.676. The van der Waals surface area contributed by atoms with E-state index in [9.17, 15) is 0 Å². The van der Waals surface area contributed by atoms with Crippen LogP contribution in [0.3, 0.4) is 0 Å². The van der Waals surface area contributed by atoms with Crippen molar-refractivity contribution in [3.63, 3.8) is 0 Å². The van der Waals surface area contributed by atoms with Crippen molar-refractivity contribution >= 4 is 27.5 Å². The van der Waals surface area contributed by atoms with Crippen LogP contribution in [-0.4, -0.2) is 6.54 Å². The summed E-state index contributed by atoms with van der Waals surface area (Å²) in [6.45, 7) is 3.98. The second-order valence-electron chi connectivity index (χ2n) is 4.49. The molecule has 0 spiro atoms. The van der Waals surface area contributed by atoms with Crippen LogP contribution in [0.5, 0.6) is 0 Å². The lowest BCUT2D eigenvalue weighted by atomic mass is 10.0. The maximum atomic E-state index is 6.24. The van der Waals surface area contributed by atoms with Gasteiger partial charge >= 0.3 is 0 Å². The van der Waals surface area contributed by atoms with Crippen molar-refractivity contribution in [1.82, 2.24) is 5.32 Å². The summed E-state index contributed by atoms with van der Waals surface area (Å²) in [6, 6.07) is 14.5. The van der Waals surface area contributed by atoms with E-state index >= 15 is 0 Å². The average molecular weight is 339 g/mol. The third-order valence-electron chi connectivity index (χ3n) is 2.95. The molecule has 0 aliphatic rings. The zero-order valence-corrected chi connectivity index (χ0v) is 13.3. The predicted octanol–water partition coefficient (Wildman–Crippen LogP) is 5.27. The second-order valence-corrected chi connectivity index (χ2v) is 5.82. The van der Waals surface area contributed by atoms with Gasteiger partial charge in [0, 0.05) is 16.0 Å². The summed E-state index contributed by atoms with van der Waals surface area (Å²) in [4.78, 5) is 0. The van der Waals surface area contributed by atoms with Gasteiger partial charge in [0.05, 0.1) is 0 Å². The molecule has 0 aromatic heterocycles. The molecule has 0 bridgehead atoms. The van der Waals surface area contributed by atoms with Crippen LogP contribution in [0.4, 0.5) is 0 Å². The molecular formula is C16H17BrClN. The van der Waals surface area contributed by atoms with Gasteiger partial charge in [-0.2, -0.15) is 0 Å². The van der Waals surface area contributed by atoms with Crippen molar-refractivity contribution in [3.05, 3.63) is 57.5 Å². The molecule has 19 heavy (non-hydrogen) atoms. The number of hydrogen-bond acceptors (Lipinski definition) is 1. The van der Waals surface area contributed by atoms with E-state index in [0.29, 0.717) is 0 Å². The van der Waals surface area contributed by atoms with E-state index in [1.807, 2.05) is 18.2 Å². The highest BCUT2D eigenvalue weighted by Crippen LogP contribution is 2.27. The van der Waals surface area contributed by atoms with Gasteiger partial charge in [-0.15, -0.1) is 0 Å². The fraction of sp³-hybridized carbons (Fsp3) is 0.250. The van der Waals surface area contributed by atoms with Crippen molar-refractivity contribution in [3.8, 4) is 11.1 Å². The van der Waals surface area contributed by atoms with E-state index in [1.54, 1.807) is 0 Å². The number of halogens is 2. The van der Waals surface area contributed by atoms with E-state index < -0.39 is 0 Å². The highest BCUT2D eigenvalue weighted by molar-refractivity contribution is 9.10. The minimum atomic E-state index is 0.814. The van der Waals surface area contributed by atoms with E-state index in [-0.39, 0.29) is 0 Å². The molecule has 1 nitrogen and oxygen atoms in total. The number of nitrogens with one attached hydrogen (secondary N) is 1. The normalized spacial score (nSPS) is 10.7. The Kier molecular flexibility index (Phi) is 5.44. The van der Waals surface area contributed by atoms with Gasteiger partial charge in [0.25, 0.3) is 0 Å². The minimum absolute atomic E-state index is 0.814. The summed E-state index contributed by atoms with van der Waals surface area (Å²) < 4.78 is 1.09. The first-order valence-corrected chi connectivity index (χ1v) is 7.63. The molecule has 0 saturated heterocycles. The van der Waals surface area contributed by atoms with Gasteiger partial charge in [-0.25, -0.2) is 0 Å². The van der Waals surface area contributed by atoms with E-state index in [2.05, 4.69) is 52.4 Å². The van der Waals surface area contributed by atoms with Gasteiger partial charge < -0.3 is 5.32 Å². The van der Waals surface area contributed by atoms with Crippen LogP contribution in [0, 0.1) is 0 Å². The lowest BCUT2D eigenvalue weighted by Gasteiger charge is -2.09. The van der Waals surface area contributed by atoms with Gasteiger partial charge in [-0.3, -0.25) is 0 Å². The van der Waals surface area contributed by atoms with Crippen LogP contribution in [0.25, 0.3) is 11.1 Å².